The van der Waals surface area contributed by atoms with E-state index in [2.05, 4.69) is 5.32 Å². The summed E-state index contributed by atoms with van der Waals surface area (Å²) < 4.78 is 18.0. The molecule has 0 unspecified atom stereocenters. The van der Waals surface area contributed by atoms with E-state index >= 15 is 0 Å². The minimum atomic E-state index is -0.208. The molecule has 0 spiro atoms. The molecule has 0 fully saturated rings. The van der Waals surface area contributed by atoms with E-state index in [-0.39, 0.29) is 12.4 Å². The van der Waals surface area contributed by atoms with Gasteiger partial charge >= 0.3 is 0 Å². The van der Waals surface area contributed by atoms with Crippen molar-refractivity contribution in [2.75, 3.05) is 13.2 Å². The maximum atomic E-state index is 12.8. The van der Waals surface area contributed by atoms with E-state index in [1.54, 1.807) is 12.1 Å². The molecule has 0 atom stereocenters. The maximum absolute atomic E-state index is 12.8. The van der Waals surface area contributed by atoms with Crippen molar-refractivity contribution in [2.24, 2.45) is 0 Å². The third-order valence-electron chi connectivity index (χ3n) is 3.03. The molecule has 1 N–H and O–H groups in total. The lowest BCUT2D eigenvalue weighted by molar-refractivity contribution is 0.367. The van der Waals surface area contributed by atoms with Gasteiger partial charge in [-0.2, -0.15) is 5.26 Å². The summed E-state index contributed by atoms with van der Waals surface area (Å²) in [6.45, 7) is 1.60. The Balaban J connectivity index is 1.75. The van der Waals surface area contributed by atoms with E-state index in [1.807, 2.05) is 30.3 Å². The highest BCUT2D eigenvalue weighted by molar-refractivity contribution is 5.28. The summed E-state index contributed by atoms with van der Waals surface area (Å²) in [4.78, 5) is 0. The van der Waals surface area contributed by atoms with Crippen LogP contribution in [-0.4, -0.2) is 13.2 Å². The Morgan fingerprint density at radius 2 is 1.90 bits per heavy atom. The molecule has 2 aromatic rings. The fourth-order valence-electron chi connectivity index (χ4n) is 1.98. The summed E-state index contributed by atoms with van der Waals surface area (Å²) in [5.74, 6) is 0.496. The second-order valence-corrected chi connectivity index (χ2v) is 4.65. The highest BCUT2D eigenvalue weighted by Crippen LogP contribution is 2.13. The molecular weight excluding hydrogens is 267 g/mol. The molecule has 0 aromatic heterocycles. The fourth-order valence-corrected chi connectivity index (χ4v) is 1.98. The Kier molecular flexibility index (Phi) is 5.74. The van der Waals surface area contributed by atoms with E-state index in [9.17, 15) is 4.39 Å². The summed E-state index contributed by atoms with van der Waals surface area (Å²) in [5.41, 5.74) is 2.21. The van der Waals surface area contributed by atoms with Crippen molar-refractivity contribution in [3.05, 3.63) is 65.5 Å². The van der Waals surface area contributed by atoms with Crippen molar-refractivity contribution < 1.29 is 9.13 Å². The molecule has 2 aromatic carbocycles. The molecule has 0 amide bonds. The van der Waals surface area contributed by atoms with Crippen molar-refractivity contribution >= 4 is 0 Å². The first kappa shape index (κ1) is 15.0. The van der Waals surface area contributed by atoms with Gasteiger partial charge in [-0.25, -0.2) is 4.39 Å². The number of hydrogen-bond acceptors (Lipinski definition) is 3. The summed E-state index contributed by atoms with van der Waals surface area (Å²) in [6.07, 6.45) is 0.852. The molecule has 2 rings (SSSR count). The van der Waals surface area contributed by atoms with E-state index in [1.165, 1.54) is 12.1 Å². The van der Waals surface area contributed by atoms with Gasteiger partial charge in [0.05, 0.1) is 0 Å². The normalized spacial score (nSPS) is 10.1. The molecule has 108 valence electrons. The molecule has 0 radical (unpaired) electrons. The summed E-state index contributed by atoms with van der Waals surface area (Å²) in [6, 6.07) is 16.2. The number of halogens is 1. The smallest absolute Gasteiger partial charge is 0.174 e. The Bertz CT molecular complexity index is 605. The van der Waals surface area contributed by atoms with Gasteiger partial charge in [-0.05, 0) is 48.4 Å². The highest BCUT2D eigenvalue weighted by atomic mass is 19.1. The highest BCUT2D eigenvalue weighted by Gasteiger charge is 1.98. The Hall–Kier alpha value is -2.38. The minimum absolute atomic E-state index is 0.0570. The molecule has 0 bridgehead atoms. The second-order valence-electron chi connectivity index (χ2n) is 4.65. The van der Waals surface area contributed by atoms with Gasteiger partial charge in [0.25, 0.3) is 0 Å². The Labute approximate surface area is 124 Å². The molecule has 0 aliphatic rings. The van der Waals surface area contributed by atoms with Gasteiger partial charge in [-0.1, -0.05) is 24.3 Å². The van der Waals surface area contributed by atoms with Crippen LogP contribution in [-0.2, 0) is 13.0 Å². The lowest BCUT2D eigenvalue weighted by Crippen LogP contribution is -2.16. The summed E-state index contributed by atoms with van der Waals surface area (Å²) >= 11 is 0. The number of nitrogens with zero attached hydrogens (tertiary/aromatic N) is 1. The Morgan fingerprint density at radius 3 is 2.67 bits per heavy atom. The quantitative estimate of drug-likeness (QED) is 0.795. The number of hydrogen-bond donors (Lipinski definition) is 1. The molecule has 0 heterocycles. The van der Waals surface area contributed by atoms with Crippen LogP contribution in [0, 0.1) is 17.1 Å². The number of rotatable bonds is 7. The zero-order valence-corrected chi connectivity index (χ0v) is 11.7. The van der Waals surface area contributed by atoms with Crippen LogP contribution < -0.4 is 10.1 Å². The van der Waals surface area contributed by atoms with Crippen molar-refractivity contribution in [3.63, 3.8) is 0 Å². The van der Waals surface area contributed by atoms with E-state index in [4.69, 9.17) is 10.00 Å². The Morgan fingerprint density at radius 1 is 1.10 bits per heavy atom. The fraction of sp³-hybridized carbons (Fsp3) is 0.235. The van der Waals surface area contributed by atoms with Gasteiger partial charge in [0.1, 0.15) is 17.6 Å². The second kappa shape index (κ2) is 8.03. The molecular formula is C17H17FN2O. The van der Waals surface area contributed by atoms with Crippen LogP contribution >= 0.6 is 0 Å². The predicted molar refractivity (Wildman–Crippen MR) is 79.4 cm³/mol. The van der Waals surface area contributed by atoms with Gasteiger partial charge in [-0.3, -0.25) is 0 Å². The van der Waals surface area contributed by atoms with Gasteiger partial charge in [0, 0.05) is 6.54 Å². The third-order valence-corrected chi connectivity index (χ3v) is 3.03. The molecule has 0 saturated heterocycles. The first-order chi connectivity index (χ1) is 10.3. The van der Waals surface area contributed by atoms with Crippen molar-refractivity contribution in [1.82, 2.24) is 5.32 Å². The predicted octanol–water partition coefficient (Wildman–Crippen LogP) is 3.06. The average molecular weight is 284 g/mol. The van der Waals surface area contributed by atoms with E-state index in [0.29, 0.717) is 5.75 Å². The van der Waals surface area contributed by atoms with Crippen molar-refractivity contribution in [3.8, 4) is 11.8 Å². The number of benzene rings is 2. The van der Waals surface area contributed by atoms with Crippen LogP contribution in [0.15, 0.2) is 48.5 Å². The van der Waals surface area contributed by atoms with Gasteiger partial charge in [0.2, 0.25) is 0 Å². The zero-order valence-electron chi connectivity index (χ0n) is 11.7. The zero-order chi connectivity index (χ0) is 14.9. The largest absolute Gasteiger partial charge is 0.479 e. The monoisotopic (exact) mass is 284 g/mol. The summed E-state index contributed by atoms with van der Waals surface area (Å²) in [7, 11) is 0. The third kappa shape index (κ3) is 5.25. The molecule has 0 aliphatic carbocycles. The van der Waals surface area contributed by atoms with Crippen molar-refractivity contribution in [1.29, 1.82) is 5.26 Å². The van der Waals surface area contributed by atoms with Gasteiger partial charge < -0.3 is 10.1 Å². The molecule has 3 nitrogen and oxygen atoms in total. The molecule has 4 heteroatoms. The summed E-state index contributed by atoms with van der Waals surface area (Å²) in [5, 5.41) is 11.8. The van der Waals surface area contributed by atoms with E-state index < -0.39 is 0 Å². The van der Waals surface area contributed by atoms with Crippen LogP contribution in [0.3, 0.4) is 0 Å². The van der Waals surface area contributed by atoms with Crippen LogP contribution in [0.2, 0.25) is 0 Å². The SMILES string of the molecule is N#CCOc1cccc(CNCCc2ccc(F)cc2)c1. The van der Waals surface area contributed by atoms with Crippen molar-refractivity contribution in [2.45, 2.75) is 13.0 Å². The topological polar surface area (TPSA) is 45.0 Å². The first-order valence-electron chi connectivity index (χ1n) is 6.82. The minimum Gasteiger partial charge on any atom is -0.479 e. The van der Waals surface area contributed by atoms with Crippen LogP contribution in [0.25, 0.3) is 0 Å². The lowest BCUT2D eigenvalue weighted by Gasteiger charge is -2.07. The molecule has 21 heavy (non-hydrogen) atoms. The van der Waals surface area contributed by atoms with Gasteiger partial charge in [-0.15, -0.1) is 0 Å². The number of ether oxygens (including phenoxy) is 1. The molecule has 0 saturated carbocycles. The van der Waals surface area contributed by atoms with Crippen LogP contribution in [0.5, 0.6) is 5.75 Å². The standard InChI is InChI=1S/C17H17FN2O/c18-16-6-4-14(5-7-16)8-10-20-13-15-2-1-3-17(12-15)21-11-9-19/h1-7,12,20H,8,10-11,13H2. The average Bonchev–Trinajstić information content (AvgIpc) is 2.52. The molecule has 0 aliphatic heterocycles. The van der Waals surface area contributed by atoms with Crippen LogP contribution in [0.1, 0.15) is 11.1 Å². The lowest BCUT2D eigenvalue weighted by atomic mass is 10.1. The van der Waals surface area contributed by atoms with Gasteiger partial charge in [0.15, 0.2) is 6.61 Å². The maximum Gasteiger partial charge on any atom is 0.174 e. The van der Waals surface area contributed by atoms with Crippen LogP contribution in [0.4, 0.5) is 4.39 Å². The first-order valence-corrected chi connectivity index (χ1v) is 6.82. The number of nitriles is 1. The number of nitrogens with one attached hydrogen (secondary N) is 1. The van der Waals surface area contributed by atoms with E-state index in [0.717, 1.165) is 30.6 Å².